The average Bonchev–Trinajstić information content (AvgIpc) is 2.63. The molecule has 0 saturated carbocycles. The van der Waals surface area contributed by atoms with Crippen LogP contribution in [-0.4, -0.2) is 62.8 Å². The number of carbonyl (C=O) groups excluding carboxylic acids is 1. The van der Waals surface area contributed by atoms with E-state index in [4.69, 9.17) is 4.74 Å². The molecule has 2 aliphatic rings. The molecule has 1 aromatic carbocycles. The monoisotopic (exact) mass is 331 g/mol. The third-order valence-electron chi connectivity index (χ3n) is 5.45. The van der Waals surface area contributed by atoms with E-state index >= 15 is 0 Å². The maximum absolute atomic E-state index is 12.5. The molecule has 5 nitrogen and oxygen atoms in total. The van der Waals surface area contributed by atoms with Crippen LogP contribution in [0.3, 0.4) is 0 Å². The van der Waals surface area contributed by atoms with Crippen molar-refractivity contribution in [3.63, 3.8) is 0 Å². The van der Waals surface area contributed by atoms with Gasteiger partial charge in [0.15, 0.2) is 0 Å². The second kappa shape index (κ2) is 8.10. The van der Waals surface area contributed by atoms with Crippen LogP contribution >= 0.6 is 0 Å². The Morgan fingerprint density at radius 2 is 2.08 bits per heavy atom. The van der Waals surface area contributed by atoms with Crippen LogP contribution < -0.4 is 10.6 Å². The van der Waals surface area contributed by atoms with E-state index in [-0.39, 0.29) is 11.3 Å². The summed E-state index contributed by atoms with van der Waals surface area (Å²) < 4.78 is 5.56. The molecule has 0 spiro atoms. The number of rotatable bonds is 5. The highest BCUT2D eigenvalue weighted by Gasteiger charge is 2.35. The molecular formula is C19H29N3O2. The molecule has 2 saturated heterocycles. The summed E-state index contributed by atoms with van der Waals surface area (Å²) >= 11 is 0. The van der Waals surface area contributed by atoms with Gasteiger partial charge in [-0.05, 0) is 25.3 Å². The summed E-state index contributed by atoms with van der Waals surface area (Å²) in [5.41, 5.74) is 1.31. The Balaban J connectivity index is 1.60. The average molecular weight is 331 g/mol. The van der Waals surface area contributed by atoms with Crippen molar-refractivity contribution in [2.45, 2.75) is 31.2 Å². The number of piperazine rings is 1. The third-order valence-corrected chi connectivity index (χ3v) is 5.45. The normalized spacial score (nSPS) is 24.5. The van der Waals surface area contributed by atoms with Crippen LogP contribution in [0, 0.1) is 0 Å². The fourth-order valence-electron chi connectivity index (χ4n) is 3.75. The molecule has 0 radical (unpaired) electrons. The van der Waals surface area contributed by atoms with Gasteiger partial charge in [0, 0.05) is 50.8 Å². The first-order chi connectivity index (χ1) is 11.7. The second-order valence-corrected chi connectivity index (χ2v) is 7.06. The Morgan fingerprint density at radius 3 is 2.79 bits per heavy atom. The Morgan fingerprint density at radius 1 is 1.33 bits per heavy atom. The van der Waals surface area contributed by atoms with Crippen molar-refractivity contribution >= 4 is 5.91 Å². The number of ether oxygens (including phenoxy) is 1. The summed E-state index contributed by atoms with van der Waals surface area (Å²) in [6.07, 6.45) is 1.92. The van der Waals surface area contributed by atoms with Gasteiger partial charge in [0.2, 0.25) is 5.91 Å². The molecule has 1 amide bonds. The lowest BCUT2D eigenvalue weighted by atomic mass is 9.74. The van der Waals surface area contributed by atoms with E-state index in [9.17, 15) is 4.79 Å². The van der Waals surface area contributed by atoms with Gasteiger partial charge in [0.1, 0.15) is 0 Å². The Kier molecular flexibility index (Phi) is 5.87. The van der Waals surface area contributed by atoms with Crippen LogP contribution in [0.1, 0.15) is 25.3 Å². The molecule has 0 aliphatic carbocycles. The van der Waals surface area contributed by atoms with E-state index < -0.39 is 0 Å². The van der Waals surface area contributed by atoms with Gasteiger partial charge in [-0.25, -0.2) is 0 Å². The largest absolute Gasteiger partial charge is 0.381 e. The van der Waals surface area contributed by atoms with Crippen molar-refractivity contribution in [2.75, 3.05) is 45.9 Å². The zero-order valence-corrected chi connectivity index (χ0v) is 14.6. The predicted octanol–water partition coefficient (Wildman–Crippen LogP) is 1.14. The van der Waals surface area contributed by atoms with Crippen molar-refractivity contribution in [3.8, 4) is 0 Å². The van der Waals surface area contributed by atoms with E-state index in [0.717, 1.165) is 45.7 Å². The lowest BCUT2D eigenvalue weighted by Gasteiger charge is -2.38. The third kappa shape index (κ3) is 4.15. The minimum absolute atomic E-state index is 0.00421. The molecule has 2 heterocycles. The van der Waals surface area contributed by atoms with Gasteiger partial charge in [-0.1, -0.05) is 30.3 Å². The van der Waals surface area contributed by atoms with Gasteiger partial charge in [0.25, 0.3) is 0 Å². The molecule has 0 bridgehead atoms. The summed E-state index contributed by atoms with van der Waals surface area (Å²) in [7, 11) is 0. The van der Waals surface area contributed by atoms with E-state index in [2.05, 4.69) is 46.7 Å². The number of carbonyl (C=O) groups is 1. The lowest BCUT2D eigenvalue weighted by Crippen LogP contribution is -2.54. The Hall–Kier alpha value is -1.43. The number of hydrogen-bond donors (Lipinski definition) is 2. The summed E-state index contributed by atoms with van der Waals surface area (Å²) in [6.45, 7) is 7.74. The van der Waals surface area contributed by atoms with Crippen LogP contribution in [0.2, 0.25) is 0 Å². The zero-order chi connectivity index (χ0) is 16.8. The highest BCUT2D eigenvalue weighted by Crippen LogP contribution is 2.34. The summed E-state index contributed by atoms with van der Waals surface area (Å²) in [5, 5.41) is 6.56. The molecule has 3 rings (SSSR count). The molecule has 2 N–H and O–H groups in total. The maximum atomic E-state index is 12.5. The Labute approximate surface area is 144 Å². The Bertz CT molecular complexity index is 529. The molecule has 2 aliphatic heterocycles. The number of nitrogens with one attached hydrogen (secondary N) is 2. The van der Waals surface area contributed by atoms with E-state index in [1.807, 2.05) is 6.07 Å². The zero-order valence-electron chi connectivity index (χ0n) is 14.6. The van der Waals surface area contributed by atoms with Crippen molar-refractivity contribution < 1.29 is 9.53 Å². The van der Waals surface area contributed by atoms with Crippen LogP contribution in [0.15, 0.2) is 30.3 Å². The topological polar surface area (TPSA) is 53.6 Å². The molecule has 5 heteroatoms. The van der Waals surface area contributed by atoms with E-state index in [0.29, 0.717) is 19.1 Å². The SMILES string of the molecule is C[C@@H]1CNCCN1CC(=O)NCC1(c2ccccc2)CCOCC1. The second-order valence-electron chi connectivity index (χ2n) is 7.06. The standard InChI is InChI=1S/C19H29N3O2/c1-16-13-20-9-10-22(16)14-18(23)21-15-19(7-11-24-12-8-19)17-5-3-2-4-6-17/h2-6,16,20H,7-15H2,1H3,(H,21,23)/t16-/m1/s1. The van der Waals surface area contributed by atoms with E-state index in [1.165, 1.54) is 5.56 Å². The highest BCUT2D eigenvalue weighted by atomic mass is 16.5. The van der Waals surface area contributed by atoms with Crippen molar-refractivity contribution in [2.24, 2.45) is 0 Å². The fraction of sp³-hybridized carbons (Fsp3) is 0.632. The molecular weight excluding hydrogens is 302 g/mol. The van der Waals surface area contributed by atoms with Gasteiger partial charge < -0.3 is 15.4 Å². The van der Waals surface area contributed by atoms with Crippen molar-refractivity contribution in [3.05, 3.63) is 35.9 Å². The van der Waals surface area contributed by atoms with Crippen molar-refractivity contribution in [1.29, 1.82) is 0 Å². The number of amides is 1. The summed E-state index contributed by atoms with van der Waals surface area (Å²) in [4.78, 5) is 14.7. The first-order valence-corrected chi connectivity index (χ1v) is 9.04. The minimum Gasteiger partial charge on any atom is -0.381 e. The summed E-state index contributed by atoms with van der Waals surface area (Å²) in [5.74, 6) is 0.130. The molecule has 2 fully saturated rings. The van der Waals surface area contributed by atoms with Crippen LogP contribution in [0.25, 0.3) is 0 Å². The van der Waals surface area contributed by atoms with Crippen molar-refractivity contribution in [1.82, 2.24) is 15.5 Å². The van der Waals surface area contributed by atoms with Gasteiger partial charge in [0.05, 0.1) is 6.54 Å². The molecule has 1 aromatic rings. The highest BCUT2D eigenvalue weighted by molar-refractivity contribution is 5.78. The number of benzene rings is 1. The lowest BCUT2D eigenvalue weighted by molar-refractivity contribution is -0.123. The fourth-order valence-corrected chi connectivity index (χ4v) is 3.75. The van der Waals surface area contributed by atoms with Gasteiger partial charge >= 0.3 is 0 Å². The number of hydrogen-bond acceptors (Lipinski definition) is 4. The first-order valence-electron chi connectivity index (χ1n) is 9.04. The van der Waals surface area contributed by atoms with Crippen LogP contribution in [0.4, 0.5) is 0 Å². The van der Waals surface area contributed by atoms with Gasteiger partial charge in [-0.15, -0.1) is 0 Å². The molecule has 0 aromatic heterocycles. The smallest absolute Gasteiger partial charge is 0.234 e. The van der Waals surface area contributed by atoms with E-state index in [1.54, 1.807) is 0 Å². The molecule has 1 atom stereocenters. The van der Waals surface area contributed by atoms with Gasteiger partial charge in [-0.2, -0.15) is 0 Å². The van der Waals surface area contributed by atoms with Gasteiger partial charge in [-0.3, -0.25) is 9.69 Å². The van der Waals surface area contributed by atoms with Crippen LogP contribution in [-0.2, 0) is 14.9 Å². The maximum Gasteiger partial charge on any atom is 0.234 e. The molecule has 132 valence electrons. The van der Waals surface area contributed by atoms with Crippen LogP contribution in [0.5, 0.6) is 0 Å². The summed E-state index contributed by atoms with van der Waals surface area (Å²) in [6, 6.07) is 11.0. The predicted molar refractivity (Wildman–Crippen MR) is 95.1 cm³/mol. The molecule has 0 unspecified atom stereocenters. The minimum atomic E-state index is 0.00421. The number of nitrogens with zero attached hydrogens (tertiary/aromatic N) is 1. The quantitative estimate of drug-likeness (QED) is 0.850. The first kappa shape index (κ1) is 17.4. The molecule has 24 heavy (non-hydrogen) atoms.